The summed E-state index contributed by atoms with van der Waals surface area (Å²) in [5.41, 5.74) is 0.433. The maximum absolute atomic E-state index is 6.11. The second-order valence-corrected chi connectivity index (χ2v) is 8.75. The molecule has 0 aromatic heterocycles. The maximum atomic E-state index is 6.11. The van der Waals surface area contributed by atoms with E-state index in [-0.39, 0.29) is 18.3 Å². The van der Waals surface area contributed by atoms with E-state index < -0.39 is 0 Å². The number of hydrogen-bond acceptors (Lipinski definition) is 4. The minimum atomic E-state index is -0.308. The van der Waals surface area contributed by atoms with Gasteiger partial charge in [-0.05, 0) is 90.1 Å². The fraction of sp³-hybridized carbons (Fsp3) is 0.714. The summed E-state index contributed by atoms with van der Waals surface area (Å²) in [6.45, 7) is 15.0. The van der Waals surface area contributed by atoms with Crippen molar-refractivity contribution in [2.75, 3.05) is 26.2 Å². The van der Waals surface area contributed by atoms with Crippen LogP contribution in [0.4, 0.5) is 0 Å². The van der Waals surface area contributed by atoms with Crippen molar-refractivity contribution in [2.24, 2.45) is 5.92 Å². The van der Waals surface area contributed by atoms with E-state index in [1.54, 1.807) is 0 Å². The number of likely N-dealkylation sites (tertiary alicyclic amines) is 1. The Morgan fingerprint density at radius 3 is 2.15 bits per heavy atom. The minimum Gasteiger partial charge on any atom is -0.493 e. The Bertz CT molecular complexity index is 563. The molecule has 2 aliphatic rings. The molecule has 3 rings (SSSR count). The molecule has 0 aliphatic carbocycles. The molecule has 0 spiro atoms. The summed E-state index contributed by atoms with van der Waals surface area (Å²) in [5.74, 6) is 1.60. The SMILES string of the molecule is CCCN1CCC(COc2ccc(B3OC(C)(C)C(C)(C)O3)cc2)CC1. The Morgan fingerprint density at radius 2 is 1.62 bits per heavy atom. The predicted octanol–water partition coefficient (Wildman–Crippen LogP) is 3.49. The van der Waals surface area contributed by atoms with Crippen LogP contribution in [0.2, 0.25) is 0 Å². The molecule has 0 amide bonds. The highest BCUT2D eigenvalue weighted by Gasteiger charge is 2.51. The summed E-state index contributed by atoms with van der Waals surface area (Å²) >= 11 is 0. The van der Waals surface area contributed by atoms with Crippen LogP contribution in [0.15, 0.2) is 24.3 Å². The molecule has 2 heterocycles. The third-order valence-electron chi connectivity index (χ3n) is 6.14. The number of rotatable bonds is 6. The Hall–Kier alpha value is -1.04. The Morgan fingerprint density at radius 1 is 1.04 bits per heavy atom. The van der Waals surface area contributed by atoms with Gasteiger partial charge in [-0.15, -0.1) is 0 Å². The van der Waals surface area contributed by atoms with Crippen LogP contribution in [0.25, 0.3) is 0 Å². The number of nitrogens with zero attached hydrogens (tertiary/aromatic N) is 1. The first-order chi connectivity index (χ1) is 12.3. The van der Waals surface area contributed by atoms with Crippen LogP contribution >= 0.6 is 0 Å². The number of benzene rings is 1. The molecule has 4 nitrogen and oxygen atoms in total. The summed E-state index contributed by atoms with van der Waals surface area (Å²) in [4.78, 5) is 2.57. The molecule has 2 aliphatic heterocycles. The molecular weight excluding hydrogens is 325 g/mol. The molecule has 26 heavy (non-hydrogen) atoms. The number of ether oxygens (including phenoxy) is 1. The summed E-state index contributed by atoms with van der Waals surface area (Å²) in [7, 11) is -0.308. The highest BCUT2D eigenvalue weighted by atomic mass is 16.7. The van der Waals surface area contributed by atoms with Gasteiger partial charge in [0.2, 0.25) is 0 Å². The van der Waals surface area contributed by atoms with E-state index in [1.165, 1.54) is 38.9 Å². The summed E-state index contributed by atoms with van der Waals surface area (Å²) < 4.78 is 18.3. The van der Waals surface area contributed by atoms with Crippen molar-refractivity contribution in [2.45, 2.75) is 65.1 Å². The Balaban J connectivity index is 1.48. The van der Waals surface area contributed by atoms with Gasteiger partial charge in [0.05, 0.1) is 17.8 Å². The third-order valence-corrected chi connectivity index (χ3v) is 6.14. The fourth-order valence-electron chi connectivity index (χ4n) is 3.61. The first-order valence-corrected chi connectivity index (χ1v) is 10.1. The lowest BCUT2D eigenvalue weighted by molar-refractivity contribution is 0.00578. The minimum absolute atomic E-state index is 0.306. The second kappa shape index (κ2) is 7.91. The van der Waals surface area contributed by atoms with E-state index in [0.29, 0.717) is 5.92 Å². The van der Waals surface area contributed by atoms with Crippen molar-refractivity contribution in [3.05, 3.63) is 24.3 Å². The Labute approximate surface area is 159 Å². The van der Waals surface area contributed by atoms with Crippen LogP contribution in [-0.4, -0.2) is 49.5 Å². The van der Waals surface area contributed by atoms with Crippen molar-refractivity contribution in [3.63, 3.8) is 0 Å². The highest BCUT2D eigenvalue weighted by Crippen LogP contribution is 2.36. The molecule has 0 saturated carbocycles. The van der Waals surface area contributed by atoms with Crippen molar-refractivity contribution in [1.29, 1.82) is 0 Å². The molecule has 0 N–H and O–H groups in total. The van der Waals surface area contributed by atoms with Crippen molar-refractivity contribution < 1.29 is 14.0 Å². The Kier molecular flexibility index (Phi) is 6.00. The zero-order valence-corrected chi connectivity index (χ0v) is 17.1. The number of hydrogen-bond donors (Lipinski definition) is 0. The highest BCUT2D eigenvalue weighted by molar-refractivity contribution is 6.62. The summed E-state index contributed by atoms with van der Waals surface area (Å²) in [6, 6.07) is 8.18. The maximum Gasteiger partial charge on any atom is 0.494 e. The molecule has 0 unspecified atom stereocenters. The van der Waals surface area contributed by atoms with Crippen LogP contribution in [0.5, 0.6) is 5.75 Å². The van der Waals surface area contributed by atoms with Gasteiger partial charge >= 0.3 is 7.12 Å². The first kappa shape index (κ1) is 19.7. The van der Waals surface area contributed by atoms with E-state index in [1.807, 2.05) is 12.1 Å². The molecule has 5 heteroatoms. The van der Waals surface area contributed by atoms with E-state index in [2.05, 4.69) is 51.7 Å². The molecule has 0 atom stereocenters. The van der Waals surface area contributed by atoms with Crippen molar-refractivity contribution in [1.82, 2.24) is 4.90 Å². The molecule has 1 aromatic rings. The van der Waals surface area contributed by atoms with Gasteiger partial charge in [0.1, 0.15) is 5.75 Å². The van der Waals surface area contributed by atoms with Crippen LogP contribution < -0.4 is 10.2 Å². The average molecular weight is 359 g/mol. The zero-order valence-electron chi connectivity index (χ0n) is 17.1. The van der Waals surface area contributed by atoms with Gasteiger partial charge in [-0.1, -0.05) is 19.1 Å². The first-order valence-electron chi connectivity index (χ1n) is 10.1. The second-order valence-electron chi connectivity index (χ2n) is 8.75. The van der Waals surface area contributed by atoms with E-state index >= 15 is 0 Å². The molecule has 0 radical (unpaired) electrons. The third kappa shape index (κ3) is 4.44. The fourth-order valence-corrected chi connectivity index (χ4v) is 3.61. The molecule has 2 saturated heterocycles. The van der Waals surface area contributed by atoms with Gasteiger partial charge in [0.15, 0.2) is 0 Å². The van der Waals surface area contributed by atoms with Crippen LogP contribution in [-0.2, 0) is 9.31 Å². The molecule has 2 fully saturated rings. The molecule has 0 bridgehead atoms. The molecular formula is C21H34BNO3. The van der Waals surface area contributed by atoms with Crippen LogP contribution in [0, 0.1) is 5.92 Å². The van der Waals surface area contributed by atoms with Gasteiger partial charge in [-0.25, -0.2) is 0 Å². The van der Waals surface area contributed by atoms with E-state index in [0.717, 1.165) is 17.8 Å². The van der Waals surface area contributed by atoms with Gasteiger partial charge in [-0.2, -0.15) is 0 Å². The van der Waals surface area contributed by atoms with E-state index in [4.69, 9.17) is 14.0 Å². The lowest BCUT2D eigenvalue weighted by atomic mass is 9.79. The lowest BCUT2D eigenvalue weighted by Crippen LogP contribution is -2.41. The van der Waals surface area contributed by atoms with Gasteiger partial charge in [0, 0.05) is 0 Å². The summed E-state index contributed by atoms with van der Waals surface area (Å²) in [6.07, 6.45) is 3.73. The quantitative estimate of drug-likeness (QED) is 0.728. The predicted molar refractivity (Wildman–Crippen MR) is 107 cm³/mol. The van der Waals surface area contributed by atoms with Crippen LogP contribution in [0.3, 0.4) is 0 Å². The lowest BCUT2D eigenvalue weighted by Gasteiger charge is -2.32. The molecule has 144 valence electrons. The van der Waals surface area contributed by atoms with Crippen molar-refractivity contribution >= 4 is 12.6 Å². The average Bonchev–Trinajstić information content (AvgIpc) is 2.83. The van der Waals surface area contributed by atoms with Gasteiger partial charge in [-0.3, -0.25) is 0 Å². The zero-order chi connectivity index (χ0) is 18.8. The van der Waals surface area contributed by atoms with Gasteiger partial charge < -0.3 is 18.9 Å². The summed E-state index contributed by atoms with van der Waals surface area (Å²) in [5, 5.41) is 0. The van der Waals surface area contributed by atoms with E-state index in [9.17, 15) is 0 Å². The van der Waals surface area contributed by atoms with Crippen molar-refractivity contribution in [3.8, 4) is 5.75 Å². The normalized spacial score (nSPS) is 23.3. The standard InChI is InChI=1S/C21H34BNO3/c1-6-13-23-14-11-17(12-15-23)16-24-19-9-7-18(8-10-19)22-25-20(2,3)21(4,5)26-22/h7-10,17H,6,11-16H2,1-5H3. The monoisotopic (exact) mass is 359 g/mol. The smallest absolute Gasteiger partial charge is 0.493 e. The largest absolute Gasteiger partial charge is 0.494 e. The molecule has 1 aromatic carbocycles. The van der Waals surface area contributed by atoms with Crippen LogP contribution in [0.1, 0.15) is 53.9 Å². The topological polar surface area (TPSA) is 30.9 Å². The number of piperidine rings is 1. The van der Waals surface area contributed by atoms with Gasteiger partial charge in [0.25, 0.3) is 0 Å².